The summed E-state index contributed by atoms with van der Waals surface area (Å²) in [4.78, 5) is 19.0. The summed E-state index contributed by atoms with van der Waals surface area (Å²) in [5, 5.41) is 2.34. The van der Waals surface area contributed by atoms with Crippen LogP contribution in [0.5, 0.6) is 11.5 Å². The summed E-state index contributed by atoms with van der Waals surface area (Å²) in [6, 6.07) is 31.9. The number of nitrogens with zero attached hydrogens (tertiary/aromatic N) is 6. The molecule has 0 spiro atoms. The predicted molar refractivity (Wildman–Crippen MR) is 214 cm³/mol. The van der Waals surface area contributed by atoms with Gasteiger partial charge in [0.05, 0.1) is 28.6 Å². The van der Waals surface area contributed by atoms with E-state index in [1.807, 2.05) is 30.9 Å². The van der Waals surface area contributed by atoms with Crippen molar-refractivity contribution in [2.75, 3.05) is 16.5 Å². The number of benzene rings is 3. The third kappa shape index (κ3) is 5.94. The van der Waals surface area contributed by atoms with Crippen molar-refractivity contribution in [3.05, 3.63) is 132 Å². The smallest absolute Gasteiger partial charge is 0.137 e. The van der Waals surface area contributed by atoms with Gasteiger partial charge < -0.3 is 14.5 Å². The van der Waals surface area contributed by atoms with Gasteiger partial charge in [-0.1, -0.05) is 79.7 Å². The van der Waals surface area contributed by atoms with Crippen molar-refractivity contribution in [3.8, 4) is 17.3 Å². The van der Waals surface area contributed by atoms with Crippen molar-refractivity contribution < 1.29 is 4.74 Å². The molecule has 1 aliphatic rings. The lowest BCUT2D eigenvalue weighted by atomic mass is 9.86. The van der Waals surface area contributed by atoms with Gasteiger partial charge in [-0.3, -0.25) is 9.55 Å². The molecule has 0 bridgehead atoms. The quantitative estimate of drug-likeness (QED) is 0.174. The first-order valence-corrected chi connectivity index (χ1v) is 18.1. The minimum absolute atomic E-state index is 0.00278. The maximum absolute atomic E-state index is 6.64. The molecule has 7 aromatic rings. The van der Waals surface area contributed by atoms with Crippen molar-refractivity contribution in [1.29, 1.82) is 0 Å². The van der Waals surface area contributed by atoms with Gasteiger partial charge >= 0.3 is 0 Å². The van der Waals surface area contributed by atoms with E-state index in [0.717, 1.165) is 56.6 Å². The van der Waals surface area contributed by atoms with Crippen LogP contribution in [-0.4, -0.2) is 26.2 Å². The lowest BCUT2D eigenvalue weighted by Gasteiger charge is -2.27. The summed E-state index contributed by atoms with van der Waals surface area (Å²) in [6.45, 7) is 18.5. The molecule has 52 heavy (non-hydrogen) atoms. The molecule has 4 aromatic heterocycles. The molecule has 1 aliphatic heterocycles. The number of hydrogen-bond acceptors (Lipinski definition) is 6. The monoisotopic (exact) mass is 686 g/mol. The molecule has 0 fully saturated rings. The van der Waals surface area contributed by atoms with Crippen LogP contribution in [0.1, 0.15) is 78.0 Å². The van der Waals surface area contributed by atoms with E-state index in [9.17, 15) is 0 Å². The standard InChI is InChI=1S/C45H46N6O/c1-29(2)37-22-31(45(6,7)8)26-48-43(37)50-28-49(41-27-46-20-19-39(41)50)32-12-11-13-33(24-32)52-34-16-17-36-35-14-9-10-15-38(35)51(40(36)25-34)42-23-30(18-21-47-42)44(3,4)5/h9-27,29H,28H2,1-8H3. The highest BCUT2D eigenvalue weighted by atomic mass is 16.5. The first kappa shape index (κ1) is 33.5. The third-order valence-corrected chi connectivity index (χ3v) is 10.1. The Morgan fingerprint density at radius 1 is 0.635 bits per heavy atom. The molecular weight excluding hydrogens is 641 g/mol. The Bertz CT molecular complexity index is 2450. The summed E-state index contributed by atoms with van der Waals surface area (Å²) in [5.41, 5.74) is 9.04. The molecule has 0 unspecified atom stereocenters. The molecular formula is C45H46N6O. The predicted octanol–water partition coefficient (Wildman–Crippen LogP) is 11.7. The second-order valence-electron chi connectivity index (χ2n) is 16.2. The number of aromatic nitrogens is 4. The molecule has 0 aliphatic carbocycles. The zero-order valence-electron chi connectivity index (χ0n) is 31.3. The molecule has 0 N–H and O–H groups in total. The Labute approximate surface area is 306 Å². The van der Waals surface area contributed by atoms with Crippen LogP contribution in [0, 0.1) is 0 Å². The van der Waals surface area contributed by atoms with Gasteiger partial charge in [0.25, 0.3) is 0 Å². The lowest BCUT2D eigenvalue weighted by molar-refractivity contribution is 0.483. The number of anilines is 4. The first-order chi connectivity index (χ1) is 24.9. The average Bonchev–Trinajstić information content (AvgIpc) is 3.67. The second-order valence-corrected chi connectivity index (χ2v) is 16.2. The topological polar surface area (TPSA) is 59.3 Å². The number of fused-ring (bicyclic) bond motifs is 4. The first-order valence-electron chi connectivity index (χ1n) is 18.1. The molecule has 0 saturated heterocycles. The largest absolute Gasteiger partial charge is 0.457 e. The highest BCUT2D eigenvalue weighted by Crippen LogP contribution is 2.46. The second kappa shape index (κ2) is 12.5. The Kier molecular flexibility index (Phi) is 8.05. The summed E-state index contributed by atoms with van der Waals surface area (Å²) in [5.74, 6) is 3.71. The molecule has 0 atom stereocenters. The van der Waals surface area contributed by atoms with Crippen LogP contribution in [0.25, 0.3) is 27.6 Å². The van der Waals surface area contributed by atoms with E-state index >= 15 is 0 Å². The van der Waals surface area contributed by atoms with Crippen molar-refractivity contribution in [2.24, 2.45) is 0 Å². The van der Waals surface area contributed by atoms with E-state index in [1.165, 1.54) is 22.1 Å². The Morgan fingerprint density at radius 3 is 2.19 bits per heavy atom. The summed E-state index contributed by atoms with van der Waals surface area (Å²) < 4.78 is 8.89. The van der Waals surface area contributed by atoms with Gasteiger partial charge in [0, 0.05) is 47.2 Å². The molecule has 0 radical (unpaired) electrons. The maximum Gasteiger partial charge on any atom is 0.137 e. The Balaban J connectivity index is 1.15. The molecule has 0 amide bonds. The van der Waals surface area contributed by atoms with E-state index in [1.54, 1.807) is 0 Å². The normalized spacial score (nSPS) is 13.4. The number of hydrogen-bond donors (Lipinski definition) is 0. The van der Waals surface area contributed by atoms with Crippen LogP contribution in [0.3, 0.4) is 0 Å². The minimum atomic E-state index is 0.00278. The van der Waals surface area contributed by atoms with Crippen LogP contribution >= 0.6 is 0 Å². The molecule has 262 valence electrons. The van der Waals surface area contributed by atoms with Crippen LogP contribution in [-0.2, 0) is 10.8 Å². The van der Waals surface area contributed by atoms with Crippen LogP contribution in [0.4, 0.5) is 22.9 Å². The van der Waals surface area contributed by atoms with Crippen LogP contribution in [0.2, 0.25) is 0 Å². The van der Waals surface area contributed by atoms with Gasteiger partial charge in [-0.05, 0) is 88.0 Å². The molecule has 7 heteroatoms. The fourth-order valence-corrected chi connectivity index (χ4v) is 7.16. The average molecular weight is 687 g/mol. The van der Waals surface area contributed by atoms with Crippen LogP contribution < -0.4 is 14.5 Å². The maximum atomic E-state index is 6.64. The molecule has 7 nitrogen and oxygen atoms in total. The van der Waals surface area contributed by atoms with Crippen molar-refractivity contribution in [1.82, 2.24) is 19.5 Å². The van der Waals surface area contributed by atoms with Crippen LogP contribution in [0.15, 0.2) is 116 Å². The number of pyridine rings is 3. The molecule has 0 saturated carbocycles. The van der Waals surface area contributed by atoms with Crippen molar-refractivity contribution >= 4 is 44.7 Å². The Hall–Kier alpha value is -5.69. The fourth-order valence-electron chi connectivity index (χ4n) is 7.16. The molecule has 3 aromatic carbocycles. The number of rotatable bonds is 6. The summed E-state index contributed by atoms with van der Waals surface area (Å²) in [6.07, 6.45) is 7.75. The summed E-state index contributed by atoms with van der Waals surface area (Å²) in [7, 11) is 0. The van der Waals surface area contributed by atoms with E-state index in [2.05, 4.69) is 160 Å². The zero-order valence-corrected chi connectivity index (χ0v) is 31.3. The van der Waals surface area contributed by atoms with E-state index < -0.39 is 0 Å². The van der Waals surface area contributed by atoms with Gasteiger partial charge in [0.15, 0.2) is 0 Å². The van der Waals surface area contributed by atoms with Crippen molar-refractivity contribution in [3.63, 3.8) is 0 Å². The van der Waals surface area contributed by atoms with Gasteiger partial charge in [0.2, 0.25) is 0 Å². The summed E-state index contributed by atoms with van der Waals surface area (Å²) >= 11 is 0. The van der Waals surface area contributed by atoms with Gasteiger partial charge in [0.1, 0.15) is 29.8 Å². The highest BCUT2D eigenvalue weighted by molar-refractivity contribution is 6.09. The van der Waals surface area contributed by atoms with Gasteiger partial charge in [-0.2, -0.15) is 0 Å². The van der Waals surface area contributed by atoms with Crippen molar-refractivity contribution in [2.45, 2.75) is 72.1 Å². The SMILES string of the molecule is CC(C)c1cc(C(C)(C)C)cnc1N1CN(c2cccc(Oc3ccc4c5ccccc5n(-c5cc(C(C)(C)C)ccn5)c4c3)c2)c2cnccc21. The molecule has 5 heterocycles. The van der Waals surface area contributed by atoms with E-state index in [4.69, 9.17) is 14.7 Å². The van der Waals surface area contributed by atoms with E-state index in [-0.39, 0.29) is 10.8 Å². The highest BCUT2D eigenvalue weighted by Gasteiger charge is 2.32. The number of ether oxygens (including phenoxy) is 1. The van der Waals surface area contributed by atoms with E-state index in [0.29, 0.717) is 12.6 Å². The number of para-hydroxylation sites is 1. The molecule has 8 rings (SSSR count). The lowest BCUT2D eigenvalue weighted by Crippen LogP contribution is -2.26. The van der Waals surface area contributed by atoms with Gasteiger partial charge in [-0.15, -0.1) is 0 Å². The zero-order chi connectivity index (χ0) is 36.4. The fraction of sp³-hybridized carbons (Fsp3) is 0.267. The minimum Gasteiger partial charge on any atom is -0.457 e. The Morgan fingerprint density at radius 2 is 1.40 bits per heavy atom. The third-order valence-electron chi connectivity index (χ3n) is 10.1. The van der Waals surface area contributed by atoms with Gasteiger partial charge in [-0.25, -0.2) is 9.97 Å².